The molecule has 0 radical (unpaired) electrons. The van der Waals surface area contributed by atoms with Crippen LogP contribution < -0.4 is 10.6 Å². The van der Waals surface area contributed by atoms with Crippen LogP contribution in [0.3, 0.4) is 0 Å². The monoisotopic (exact) mass is 302 g/mol. The van der Waals surface area contributed by atoms with Crippen molar-refractivity contribution < 1.29 is 24.5 Å². The molecule has 0 atom stereocenters. The maximum atomic E-state index is 11.4. The lowest BCUT2D eigenvalue weighted by atomic mass is 9.79. The first-order valence-electron chi connectivity index (χ1n) is 7.38. The van der Waals surface area contributed by atoms with Crippen LogP contribution in [0.25, 0.3) is 0 Å². The highest BCUT2D eigenvalue weighted by molar-refractivity contribution is 5.76. The number of carbonyl (C=O) groups is 2. The summed E-state index contributed by atoms with van der Waals surface area (Å²) in [5.41, 5.74) is -0.849. The summed E-state index contributed by atoms with van der Waals surface area (Å²) in [6.45, 7) is 1.87. The van der Waals surface area contributed by atoms with E-state index in [2.05, 4.69) is 10.6 Å². The van der Waals surface area contributed by atoms with Crippen LogP contribution in [0.4, 0.5) is 0 Å². The number of carboxylic acid groups (broad SMARTS) is 1. The van der Waals surface area contributed by atoms with Gasteiger partial charge in [-0.3, -0.25) is 9.59 Å². The fourth-order valence-electron chi connectivity index (χ4n) is 2.48. The van der Waals surface area contributed by atoms with Crippen LogP contribution in [0, 0.1) is 5.92 Å². The van der Waals surface area contributed by atoms with Crippen LogP contribution >= 0.6 is 0 Å². The molecule has 0 aromatic rings. The zero-order valence-corrected chi connectivity index (χ0v) is 12.6. The third-order valence-electron chi connectivity index (χ3n) is 3.88. The maximum Gasteiger partial charge on any atom is 0.306 e. The van der Waals surface area contributed by atoms with E-state index in [1.54, 1.807) is 7.11 Å². The second kappa shape index (κ2) is 8.96. The molecule has 7 nitrogen and oxygen atoms in total. The lowest BCUT2D eigenvalue weighted by Gasteiger charge is -2.34. The van der Waals surface area contributed by atoms with Crippen molar-refractivity contribution in [2.24, 2.45) is 5.92 Å². The smallest absolute Gasteiger partial charge is 0.306 e. The molecule has 0 bridgehead atoms. The largest absolute Gasteiger partial charge is 0.481 e. The van der Waals surface area contributed by atoms with Gasteiger partial charge >= 0.3 is 5.97 Å². The Labute approximate surface area is 125 Å². The van der Waals surface area contributed by atoms with Gasteiger partial charge in [-0.25, -0.2) is 0 Å². The van der Waals surface area contributed by atoms with Crippen LogP contribution in [-0.4, -0.2) is 61.0 Å². The first kappa shape index (κ1) is 17.9. The molecule has 0 aliphatic heterocycles. The lowest BCUT2D eigenvalue weighted by molar-refractivity contribution is -0.144. The van der Waals surface area contributed by atoms with Gasteiger partial charge in [0.1, 0.15) is 0 Å². The van der Waals surface area contributed by atoms with E-state index in [0.717, 1.165) is 0 Å². The minimum Gasteiger partial charge on any atom is -0.481 e. The standard InChI is InChI=1S/C14H26N2O5/c1-21-9-8-16-12(17)4-7-15-10-14(20)5-2-11(3-6-14)13(18)19/h11,15,20H,2-10H2,1H3,(H,16,17)(H,18,19). The molecular weight excluding hydrogens is 276 g/mol. The molecule has 1 aliphatic carbocycles. The zero-order chi connectivity index (χ0) is 15.7. The number of carboxylic acids is 1. The molecule has 1 amide bonds. The third-order valence-corrected chi connectivity index (χ3v) is 3.88. The van der Waals surface area contributed by atoms with Crippen LogP contribution in [0.15, 0.2) is 0 Å². The number of aliphatic hydroxyl groups is 1. The zero-order valence-electron chi connectivity index (χ0n) is 12.6. The molecule has 0 aromatic carbocycles. The first-order chi connectivity index (χ1) is 9.97. The number of carbonyl (C=O) groups excluding carboxylic acids is 1. The molecule has 0 spiro atoms. The van der Waals surface area contributed by atoms with Gasteiger partial charge in [-0.2, -0.15) is 0 Å². The number of aliphatic carboxylic acids is 1. The van der Waals surface area contributed by atoms with E-state index in [1.165, 1.54) is 0 Å². The third kappa shape index (κ3) is 6.88. The second-order valence-electron chi connectivity index (χ2n) is 5.61. The van der Waals surface area contributed by atoms with Crippen molar-refractivity contribution in [2.45, 2.75) is 37.7 Å². The average molecular weight is 302 g/mol. The predicted octanol–water partition coefficient (Wildman–Crippen LogP) is -0.265. The predicted molar refractivity (Wildman–Crippen MR) is 76.9 cm³/mol. The lowest BCUT2D eigenvalue weighted by Crippen LogP contribution is -2.45. The van der Waals surface area contributed by atoms with E-state index in [0.29, 0.717) is 58.3 Å². The SMILES string of the molecule is COCCNC(=O)CCNCC1(O)CCC(C(=O)O)CC1. The van der Waals surface area contributed by atoms with Gasteiger partial charge in [0.25, 0.3) is 0 Å². The molecule has 21 heavy (non-hydrogen) atoms. The fraction of sp³-hybridized carbons (Fsp3) is 0.857. The Hall–Kier alpha value is -1.18. The van der Waals surface area contributed by atoms with Gasteiger partial charge in [0, 0.05) is 33.2 Å². The van der Waals surface area contributed by atoms with Gasteiger partial charge in [-0.05, 0) is 25.7 Å². The molecule has 122 valence electrons. The normalized spacial score (nSPS) is 25.5. The van der Waals surface area contributed by atoms with E-state index in [9.17, 15) is 14.7 Å². The highest BCUT2D eigenvalue weighted by Gasteiger charge is 2.35. The quantitative estimate of drug-likeness (QED) is 0.437. The topological polar surface area (TPSA) is 108 Å². The highest BCUT2D eigenvalue weighted by atomic mass is 16.5. The van der Waals surface area contributed by atoms with Crippen LogP contribution in [0.1, 0.15) is 32.1 Å². The van der Waals surface area contributed by atoms with Crippen molar-refractivity contribution >= 4 is 11.9 Å². The second-order valence-corrected chi connectivity index (χ2v) is 5.61. The molecule has 4 N–H and O–H groups in total. The van der Waals surface area contributed by atoms with Gasteiger partial charge in [-0.1, -0.05) is 0 Å². The van der Waals surface area contributed by atoms with Crippen molar-refractivity contribution in [1.82, 2.24) is 10.6 Å². The van der Waals surface area contributed by atoms with Gasteiger partial charge in [0.15, 0.2) is 0 Å². The number of methoxy groups -OCH3 is 1. The van der Waals surface area contributed by atoms with Gasteiger partial charge < -0.3 is 25.6 Å². The molecule has 7 heteroatoms. The molecular formula is C14H26N2O5. The minimum absolute atomic E-state index is 0.0545. The first-order valence-corrected chi connectivity index (χ1v) is 7.38. The Morgan fingerprint density at radius 3 is 2.52 bits per heavy atom. The van der Waals surface area contributed by atoms with E-state index in [4.69, 9.17) is 9.84 Å². The number of nitrogens with one attached hydrogen (secondary N) is 2. The number of ether oxygens (including phenoxy) is 1. The molecule has 0 unspecified atom stereocenters. The van der Waals surface area contributed by atoms with Crippen molar-refractivity contribution in [3.63, 3.8) is 0 Å². The summed E-state index contributed by atoms with van der Waals surface area (Å²) >= 11 is 0. The van der Waals surface area contributed by atoms with Gasteiger partial charge in [-0.15, -0.1) is 0 Å². The Bertz CT molecular complexity index is 340. The summed E-state index contributed by atoms with van der Waals surface area (Å²) in [7, 11) is 1.58. The van der Waals surface area contributed by atoms with Crippen LogP contribution in [0.2, 0.25) is 0 Å². The van der Waals surface area contributed by atoms with Crippen molar-refractivity contribution in [3.05, 3.63) is 0 Å². The number of hydrogen-bond donors (Lipinski definition) is 4. The number of rotatable bonds is 9. The molecule has 1 rings (SSSR count). The Kier molecular flexibility index (Phi) is 7.63. The molecule has 0 saturated heterocycles. The fourth-order valence-corrected chi connectivity index (χ4v) is 2.48. The van der Waals surface area contributed by atoms with Gasteiger partial charge in [0.2, 0.25) is 5.91 Å². The molecule has 1 aliphatic rings. The van der Waals surface area contributed by atoms with Crippen molar-refractivity contribution in [3.8, 4) is 0 Å². The molecule has 1 fully saturated rings. The molecule has 1 saturated carbocycles. The average Bonchev–Trinajstić information content (AvgIpc) is 2.44. The van der Waals surface area contributed by atoms with Gasteiger partial charge in [0.05, 0.1) is 18.1 Å². The van der Waals surface area contributed by atoms with E-state index < -0.39 is 11.6 Å². The van der Waals surface area contributed by atoms with Crippen LogP contribution in [0.5, 0.6) is 0 Å². The number of amides is 1. The highest BCUT2D eigenvalue weighted by Crippen LogP contribution is 2.31. The summed E-state index contributed by atoms with van der Waals surface area (Å²) in [5.74, 6) is -1.17. The summed E-state index contributed by atoms with van der Waals surface area (Å²) in [6.07, 6.45) is 2.32. The van der Waals surface area contributed by atoms with Crippen LogP contribution in [-0.2, 0) is 14.3 Å². The Morgan fingerprint density at radius 1 is 1.29 bits per heavy atom. The molecule has 0 aromatic heterocycles. The van der Waals surface area contributed by atoms with Crippen molar-refractivity contribution in [2.75, 3.05) is 33.4 Å². The summed E-state index contributed by atoms with van der Waals surface area (Å²) in [5, 5.41) is 25.0. The van der Waals surface area contributed by atoms with E-state index >= 15 is 0 Å². The summed E-state index contributed by atoms with van der Waals surface area (Å²) < 4.78 is 4.83. The van der Waals surface area contributed by atoms with E-state index in [-0.39, 0.29) is 11.8 Å². The Balaban J connectivity index is 2.12. The summed E-state index contributed by atoms with van der Waals surface area (Å²) in [6, 6.07) is 0. The molecule has 0 heterocycles. The minimum atomic E-state index is -0.849. The van der Waals surface area contributed by atoms with E-state index in [1.807, 2.05) is 0 Å². The van der Waals surface area contributed by atoms with Crippen molar-refractivity contribution in [1.29, 1.82) is 0 Å². The summed E-state index contributed by atoms with van der Waals surface area (Å²) in [4.78, 5) is 22.3. The number of hydrogen-bond acceptors (Lipinski definition) is 5. The Morgan fingerprint density at radius 2 is 1.95 bits per heavy atom. The maximum absolute atomic E-state index is 11.4.